The summed E-state index contributed by atoms with van der Waals surface area (Å²) < 4.78 is 6.00. The van der Waals surface area contributed by atoms with Gasteiger partial charge in [0.15, 0.2) is 0 Å². The molecule has 1 aromatic rings. The van der Waals surface area contributed by atoms with Gasteiger partial charge >= 0.3 is 0 Å². The number of hydrogen-bond acceptors (Lipinski definition) is 3. The topological polar surface area (TPSA) is 51.2 Å². The molecule has 0 spiro atoms. The molecular weight excluding hydrogens is 284 g/mol. The van der Waals surface area contributed by atoms with Gasteiger partial charge in [-0.15, -0.1) is 0 Å². The number of carbonyl (C=O) groups excluding carboxylic acids is 1. The highest BCUT2D eigenvalue weighted by Crippen LogP contribution is 2.22. The van der Waals surface area contributed by atoms with Gasteiger partial charge in [0.25, 0.3) is 5.91 Å². The van der Waals surface area contributed by atoms with Crippen LogP contribution in [0.3, 0.4) is 0 Å². The molecule has 0 saturated heterocycles. The Hall–Kier alpha value is -0.940. The van der Waals surface area contributed by atoms with Gasteiger partial charge in [-0.05, 0) is 47.3 Å². The third-order valence-electron chi connectivity index (χ3n) is 3.03. The van der Waals surface area contributed by atoms with Crippen LogP contribution in [0.4, 0.5) is 0 Å². The molecule has 2 unspecified atom stereocenters. The molecule has 1 saturated carbocycles. The van der Waals surface area contributed by atoms with Gasteiger partial charge in [-0.3, -0.25) is 4.79 Å². The monoisotopic (exact) mass is 298 g/mol. The molecule has 0 bridgehead atoms. The SMILES string of the molecule is COC1CCC(NC(=O)c2ncccc2Br)C1. The fraction of sp³-hybridized carbons (Fsp3) is 0.500. The molecule has 1 fully saturated rings. The van der Waals surface area contributed by atoms with Crippen LogP contribution >= 0.6 is 15.9 Å². The summed E-state index contributed by atoms with van der Waals surface area (Å²) in [6, 6.07) is 3.80. The molecule has 17 heavy (non-hydrogen) atoms. The third kappa shape index (κ3) is 3.04. The second kappa shape index (κ2) is 5.60. The van der Waals surface area contributed by atoms with Crippen LogP contribution in [-0.2, 0) is 4.74 Å². The van der Waals surface area contributed by atoms with Crippen molar-refractivity contribution < 1.29 is 9.53 Å². The van der Waals surface area contributed by atoms with E-state index in [0.29, 0.717) is 5.69 Å². The van der Waals surface area contributed by atoms with Crippen molar-refractivity contribution in [1.82, 2.24) is 10.3 Å². The van der Waals surface area contributed by atoms with Crippen LogP contribution in [0.25, 0.3) is 0 Å². The van der Waals surface area contributed by atoms with Crippen molar-refractivity contribution in [2.75, 3.05) is 7.11 Å². The standard InChI is InChI=1S/C12H15BrN2O2/c1-17-9-5-4-8(7-9)15-12(16)11-10(13)3-2-6-14-11/h2-3,6,8-9H,4-5,7H2,1H3,(H,15,16). The number of nitrogens with zero attached hydrogens (tertiary/aromatic N) is 1. The number of ether oxygens (including phenoxy) is 1. The fourth-order valence-electron chi connectivity index (χ4n) is 2.09. The van der Waals surface area contributed by atoms with E-state index in [1.165, 1.54) is 0 Å². The van der Waals surface area contributed by atoms with Crippen molar-refractivity contribution in [3.05, 3.63) is 28.5 Å². The Morgan fingerprint density at radius 1 is 1.59 bits per heavy atom. The van der Waals surface area contributed by atoms with Crippen LogP contribution in [0.15, 0.2) is 22.8 Å². The lowest BCUT2D eigenvalue weighted by molar-refractivity contribution is 0.0909. The van der Waals surface area contributed by atoms with E-state index in [9.17, 15) is 4.79 Å². The predicted molar refractivity (Wildman–Crippen MR) is 67.8 cm³/mol. The van der Waals surface area contributed by atoms with Gasteiger partial charge in [-0.1, -0.05) is 0 Å². The zero-order chi connectivity index (χ0) is 12.3. The van der Waals surface area contributed by atoms with Crippen LogP contribution < -0.4 is 5.32 Å². The van der Waals surface area contributed by atoms with E-state index in [0.717, 1.165) is 23.7 Å². The minimum Gasteiger partial charge on any atom is -0.381 e. The van der Waals surface area contributed by atoms with Crippen molar-refractivity contribution in [2.24, 2.45) is 0 Å². The van der Waals surface area contributed by atoms with Crippen molar-refractivity contribution in [1.29, 1.82) is 0 Å². The average Bonchev–Trinajstić information content (AvgIpc) is 2.77. The molecule has 2 rings (SSSR count). The first-order chi connectivity index (χ1) is 8.20. The molecule has 0 aromatic carbocycles. The van der Waals surface area contributed by atoms with E-state index in [2.05, 4.69) is 26.2 Å². The zero-order valence-corrected chi connectivity index (χ0v) is 11.2. The largest absolute Gasteiger partial charge is 0.381 e. The quantitative estimate of drug-likeness (QED) is 0.930. The van der Waals surface area contributed by atoms with E-state index in [1.807, 2.05) is 6.07 Å². The van der Waals surface area contributed by atoms with Gasteiger partial charge in [0, 0.05) is 23.8 Å². The number of carbonyl (C=O) groups is 1. The number of pyridine rings is 1. The number of nitrogens with one attached hydrogen (secondary N) is 1. The second-order valence-corrected chi connectivity index (χ2v) is 5.03. The van der Waals surface area contributed by atoms with Gasteiger partial charge in [0.1, 0.15) is 5.69 Å². The van der Waals surface area contributed by atoms with Gasteiger partial charge in [-0.25, -0.2) is 4.98 Å². The summed E-state index contributed by atoms with van der Waals surface area (Å²) in [4.78, 5) is 16.0. The molecule has 5 heteroatoms. The first-order valence-electron chi connectivity index (χ1n) is 5.65. The maximum Gasteiger partial charge on any atom is 0.271 e. The van der Waals surface area contributed by atoms with Crippen LogP contribution in [-0.4, -0.2) is 30.1 Å². The number of methoxy groups -OCH3 is 1. The molecule has 92 valence electrons. The molecule has 0 radical (unpaired) electrons. The van der Waals surface area contributed by atoms with E-state index in [-0.39, 0.29) is 18.1 Å². The smallest absolute Gasteiger partial charge is 0.271 e. The first kappa shape index (κ1) is 12.5. The van der Waals surface area contributed by atoms with Crippen molar-refractivity contribution in [3.8, 4) is 0 Å². The molecule has 0 aliphatic heterocycles. The summed E-state index contributed by atoms with van der Waals surface area (Å²) in [5, 5.41) is 2.99. The molecule has 1 aromatic heterocycles. The maximum atomic E-state index is 12.0. The van der Waals surface area contributed by atoms with Crippen LogP contribution in [0.5, 0.6) is 0 Å². The fourth-order valence-corrected chi connectivity index (χ4v) is 2.53. The Balaban J connectivity index is 1.96. The third-order valence-corrected chi connectivity index (χ3v) is 3.67. The predicted octanol–water partition coefficient (Wildman–Crippen LogP) is 2.14. The van der Waals surface area contributed by atoms with Crippen molar-refractivity contribution in [3.63, 3.8) is 0 Å². The number of rotatable bonds is 3. The summed E-state index contributed by atoms with van der Waals surface area (Å²) in [7, 11) is 1.71. The Kier molecular flexibility index (Phi) is 4.12. The molecular formula is C12H15BrN2O2. The molecule has 1 amide bonds. The Bertz CT molecular complexity index is 411. The highest BCUT2D eigenvalue weighted by atomic mass is 79.9. The molecule has 2 atom stereocenters. The lowest BCUT2D eigenvalue weighted by Crippen LogP contribution is -2.34. The highest BCUT2D eigenvalue weighted by molar-refractivity contribution is 9.10. The Morgan fingerprint density at radius 2 is 2.41 bits per heavy atom. The van der Waals surface area contributed by atoms with Crippen LogP contribution in [0, 0.1) is 0 Å². The summed E-state index contributed by atoms with van der Waals surface area (Å²) in [6.45, 7) is 0. The summed E-state index contributed by atoms with van der Waals surface area (Å²) in [5.74, 6) is -0.126. The van der Waals surface area contributed by atoms with Gasteiger partial charge in [-0.2, -0.15) is 0 Å². The lowest BCUT2D eigenvalue weighted by atomic mass is 10.2. The number of aromatic nitrogens is 1. The Labute approximate surface area is 109 Å². The van der Waals surface area contributed by atoms with Crippen LogP contribution in [0.2, 0.25) is 0 Å². The summed E-state index contributed by atoms with van der Waals surface area (Å²) >= 11 is 3.32. The maximum absolute atomic E-state index is 12.0. The number of amides is 1. The highest BCUT2D eigenvalue weighted by Gasteiger charge is 2.26. The Morgan fingerprint density at radius 3 is 3.06 bits per heavy atom. The molecule has 4 nitrogen and oxygen atoms in total. The van der Waals surface area contributed by atoms with Gasteiger partial charge < -0.3 is 10.1 Å². The van der Waals surface area contributed by atoms with Crippen molar-refractivity contribution in [2.45, 2.75) is 31.4 Å². The van der Waals surface area contributed by atoms with Gasteiger partial charge in [0.2, 0.25) is 0 Å². The minimum atomic E-state index is -0.126. The number of hydrogen-bond donors (Lipinski definition) is 1. The minimum absolute atomic E-state index is 0.126. The lowest BCUT2D eigenvalue weighted by Gasteiger charge is -2.13. The van der Waals surface area contributed by atoms with E-state index >= 15 is 0 Å². The second-order valence-electron chi connectivity index (χ2n) is 4.17. The van der Waals surface area contributed by atoms with Crippen LogP contribution in [0.1, 0.15) is 29.8 Å². The van der Waals surface area contributed by atoms with E-state index in [1.54, 1.807) is 19.4 Å². The molecule has 1 aliphatic carbocycles. The van der Waals surface area contributed by atoms with Gasteiger partial charge in [0.05, 0.1) is 6.10 Å². The van der Waals surface area contributed by atoms with Crippen molar-refractivity contribution >= 4 is 21.8 Å². The molecule has 1 heterocycles. The summed E-state index contributed by atoms with van der Waals surface area (Å²) in [6.07, 6.45) is 4.74. The van der Waals surface area contributed by atoms with E-state index < -0.39 is 0 Å². The normalized spacial score (nSPS) is 23.6. The summed E-state index contributed by atoms with van der Waals surface area (Å²) in [5.41, 5.74) is 0.438. The average molecular weight is 299 g/mol. The molecule has 1 N–H and O–H groups in total. The first-order valence-corrected chi connectivity index (χ1v) is 6.44. The zero-order valence-electron chi connectivity index (χ0n) is 9.65. The van der Waals surface area contributed by atoms with E-state index in [4.69, 9.17) is 4.74 Å². The molecule has 1 aliphatic rings. The number of halogens is 1.